The number of carbonyl (C=O) groups is 1. The molecular weight excluding hydrogens is 338 g/mol. The van der Waals surface area contributed by atoms with Gasteiger partial charge in [0.2, 0.25) is 0 Å². The van der Waals surface area contributed by atoms with E-state index in [1.165, 1.54) is 7.11 Å². The fourth-order valence-electron chi connectivity index (χ4n) is 1.97. The van der Waals surface area contributed by atoms with Gasteiger partial charge in [-0.2, -0.15) is 5.30 Å². The molecule has 0 amide bonds. The number of rotatable bonds is 7. The van der Waals surface area contributed by atoms with E-state index >= 15 is 0 Å². The third-order valence-electron chi connectivity index (χ3n) is 3.39. The van der Waals surface area contributed by atoms with E-state index in [0.717, 1.165) is 17.5 Å². The van der Waals surface area contributed by atoms with Gasteiger partial charge in [-0.15, -0.1) is 0 Å². The molecule has 6 heteroatoms. The molecule has 0 aliphatic rings. The van der Waals surface area contributed by atoms with Crippen LogP contribution in [-0.2, 0) is 0 Å². The van der Waals surface area contributed by atoms with Crippen molar-refractivity contribution in [3.05, 3.63) is 53.1 Å². The van der Waals surface area contributed by atoms with Gasteiger partial charge in [-0.1, -0.05) is 36.7 Å². The molecule has 0 spiro atoms. The van der Waals surface area contributed by atoms with Crippen molar-refractivity contribution in [2.75, 3.05) is 7.11 Å². The standard InChI is InChI=1S/C18H19ClO3P.Li/c1-4-12(2)22-13-8-10-14(11-9-13)23-18(20)17-15(19)6-5-7-16(17)21-3;/h5-12H,4H2,1-3H3;/q-1;+1. The average molecular weight is 357 g/mol. The Balaban J connectivity index is 0.00000288. The van der Waals surface area contributed by atoms with Crippen LogP contribution < -0.4 is 33.6 Å². The van der Waals surface area contributed by atoms with Crippen LogP contribution >= 0.6 is 20.2 Å². The van der Waals surface area contributed by atoms with E-state index < -0.39 is 0 Å². The number of benzene rings is 2. The predicted molar refractivity (Wildman–Crippen MR) is 95.7 cm³/mol. The van der Waals surface area contributed by atoms with Crippen molar-refractivity contribution in [3.8, 4) is 11.5 Å². The van der Waals surface area contributed by atoms with Crippen LogP contribution in [0.4, 0.5) is 0 Å². The molecule has 1 atom stereocenters. The Bertz CT molecular complexity index is 676. The molecule has 0 saturated heterocycles. The van der Waals surface area contributed by atoms with Gasteiger partial charge in [0.1, 0.15) is 11.5 Å². The smallest absolute Gasteiger partial charge is 0.496 e. The largest absolute Gasteiger partial charge is 1.00 e. The molecule has 1 unspecified atom stereocenters. The summed E-state index contributed by atoms with van der Waals surface area (Å²) in [5.41, 5.74) is 0.321. The second kappa shape index (κ2) is 10.1. The first-order chi connectivity index (χ1) is 11.0. The Kier molecular flexibility index (Phi) is 8.88. The zero-order valence-corrected chi connectivity index (χ0v) is 16.0. The van der Waals surface area contributed by atoms with Gasteiger partial charge < -0.3 is 22.8 Å². The van der Waals surface area contributed by atoms with E-state index in [0.29, 0.717) is 24.9 Å². The molecule has 0 saturated carbocycles. The fourth-order valence-corrected chi connectivity index (χ4v) is 3.16. The summed E-state index contributed by atoms with van der Waals surface area (Å²) in [5, 5.41) is 1.28. The van der Waals surface area contributed by atoms with Gasteiger partial charge in [0.05, 0.1) is 18.2 Å². The van der Waals surface area contributed by atoms with Gasteiger partial charge >= 0.3 is 18.9 Å². The summed E-state index contributed by atoms with van der Waals surface area (Å²) in [6.07, 6.45) is 1.12. The number of carbonyl (C=O) groups excluding carboxylic acids is 1. The Morgan fingerprint density at radius 1 is 1.21 bits per heavy atom. The van der Waals surface area contributed by atoms with E-state index in [-0.39, 0.29) is 30.5 Å². The predicted octanol–water partition coefficient (Wildman–Crippen LogP) is 1.94. The molecule has 0 N–H and O–H groups in total. The van der Waals surface area contributed by atoms with Gasteiger partial charge in [-0.05, 0) is 37.6 Å². The molecule has 0 aromatic heterocycles. The van der Waals surface area contributed by atoms with Crippen LogP contribution in [0.1, 0.15) is 30.6 Å². The van der Waals surface area contributed by atoms with Crippen molar-refractivity contribution in [3.63, 3.8) is 0 Å². The molecule has 0 heterocycles. The van der Waals surface area contributed by atoms with Crippen LogP contribution in [0.3, 0.4) is 0 Å². The molecule has 0 fully saturated rings. The average Bonchev–Trinajstić information content (AvgIpc) is 2.56. The number of hydrogen-bond donors (Lipinski definition) is 0. The van der Waals surface area contributed by atoms with E-state index in [9.17, 15) is 4.79 Å². The first-order valence-corrected chi connectivity index (χ1v) is 8.67. The van der Waals surface area contributed by atoms with E-state index in [1.807, 2.05) is 31.2 Å². The minimum Gasteiger partial charge on any atom is -0.496 e. The van der Waals surface area contributed by atoms with Gasteiger partial charge in [-0.3, -0.25) is 0 Å². The minimum absolute atomic E-state index is 0. The fraction of sp³-hybridized carbons (Fsp3) is 0.278. The van der Waals surface area contributed by atoms with Crippen molar-refractivity contribution >= 4 is 31.0 Å². The van der Waals surface area contributed by atoms with Gasteiger partial charge in [0.25, 0.3) is 0 Å². The first-order valence-electron chi connectivity index (χ1n) is 7.40. The summed E-state index contributed by atoms with van der Waals surface area (Å²) in [7, 11) is 2.08. The molecule has 0 bridgehead atoms. The number of ether oxygens (including phenoxy) is 2. The normalized spacial score (nSPS) is 11.8. The SMILES string of the molecule is CCC(C)Oc1ccc([P-]C(=O)c2c(Cl)cccc2OC)cc1.[Li+]. The number of halogens is 1. The maximum Gasteiger partial charge on any atom is 1.00 e. The monoisotopic (exact) mass is 356 g/mol. The molecule has 2 aromatic carbocycles. The summed E-state index contributed by atoms with van der Waals surface area (Å²) in [6, 6.07) is 12.7. The summed E-state index contributed by atoms with van der Waals surface area (Å²) in [4.78, 5) is 12.5. The summed E-state index contributed by atoms with van der Waals surface area (Å²) < 4.78 is 11.0. The van der Waals surface area contributed by atoms with Crippen LogP contribution in [0.25, 0.3) is 0 Å². The van der Waals surface area contributed by atoms with Gasteiger partial charge in [0, 0.05) is 11.1 Å². The Morgan fingerprint density at radius 2 is 1.88 bits per heavy atom. The number of methoxy groups -OCH3 is 1. The molecule has 24 heavy (non-hydrogen) atoms. The van der Waals surface area contributed by atoms with E-state index in [1.54, 1.807) is 18.2 Å². The first kappa shape index (κ1) is 21.1. The number of hydrogen-bond acceptors (Lipinski definition) is 3. The van der Waals surface area contributed by atoms with Crippen LogP contribution in [0, 0.1) is 0 Å². The maximum atomic E-state index is 12.5. The van der Waals surface area contributed by atoms with Gasteiger partial charge in [0.15, 0.2) is 0 Å². The Labute approximate surface area is 162 Å². The summed E-state index contributed by atoms with van der Waals surface area (Å²) >= 11 is 6.14. The molecule has 2 rings (SSSR count). The molecule has 3 nitrogen and oxygen atoms in total. The minimum atomic E-state index is -0.0944. The Hall–Kier alpha value is -0.973. The molecule has 2 aromatic rings. The summed E-state index contributed by atoms with van der Waals surface area (Å²) in [5.74, 6) is 1.30. The van der Waals surface area contributed by atoms with Crippen molar-refractivity contribution in [1.29, 1.82) is 0 Å². The second-order valence-electron chi connectivity index (χ2n) is 5.06. The van der Waals surface area contributed by atoms with Crippen molar-refractivity contribution in [1.82, 2.24) is 0 Å². The Morgan fingerprint density at radius 3 is 2.46 bits per heavy atom. The van der Waals surface area contributed by atoms with Crippen LogP contribution in [0.2, 0.25) is 5.02 Å². The zero-order chi connectivity index (χ0) is 16.8. The quantitative estimate of drug-likeness (QED) is 0.562. The molecular formula is C18H19ClLiO3P. The second-order valence-corrected chi connectivity index (χ2v) is 6.62. The molecule has 0 aliphatic carbocycles. The van der Waals surface area contributed by atoms with E-state index in [2.05, 4.69) is 6.92 Å². The zero-order valence-electron chi connectivity index (χ0n) is 14.4. The van der Waals surface area contributed by atoms with Crippen molar-refractivity contribution in [2.45, 2.75) is 26.4 Å². The van der Waals surface area contributed by atoms with Crippen LogP contribution in [0.5, 0.6) is 11.5 Å². The summed E-state index contributed by atoms with van der Waals surface area (Å²) in [6.45, 7) is 4.10. The third-order valence-corrected chi connectivity index (χ3v) is 4.69. The van der Waals surface area contributed by atoms with Gasteiger partial charge in [-0.25, -0.2) is 0 Å². The molecule has 0 aliphatic heterocycles. The van der Waals surface area contributed by atoms with E-state index in [4.69, 9.17) is 21.1 Å². The maximum absolute atomic E-state index is 12.5. The topological polar surface area (TPSA) is 35.5 Å². The van der Waals surface area contributed by atoms with Crippen LogP contribution in [-0.4, -0.2) is 18.7 Å². The van der Waals surface area contributed by atoms with Crippen molar-refractivity contribution < 1.29 is 33.1 Å². The third kappa shape index (κ3) is 5.54. The van der Waals surface area contributed by atoms with Crippen molar-refractivity contribution in [2.24, 2.45) is 0 Å². The molecule has 122 valence electrons. The van der Waals surface area contributed by atoms with Crippen LogP contribution in [0.15, 0.2) is 42.5 Å². The molecule has 0 radical (unpaired) electrons.